The molecule has 2 aromatic rings. The van der Waals surface area contributed by atoms with Crippen LogP contribution in [0, 0.1) is 0 Å². The average Bonchev–Trinajstić information content (AvgIpc) is 2.99. The van der Waals surface area contributed by atoms with Crippen molar-refractivity contribution in [3.63, 3.8) is 0 Å². The van der Waals surface area contributed by atoms with Crippen LogP contribution in [0.2, 0.25) is 10.0 Å². The second-order valence-corrected chi connectivity index (χ2v) is 8.53. The Kier molecular flexibility index (Phi) is 7.59. The lowest BCUT2D eigenvalue weighted by Crippen LogP contribution is -2.33. The van der Waals surface area contributed by atoms with Crippen molar-refractivity contribution in [2.24, 2.45) is 4.99 Å². The molecule has 162 valence electrons. The van der Waals surface area contributed by atoms with Gasteiger partial charge in [0.2, 0.25) is 11.8 Å². The number of ether oxygens (including phenoxy) is 1. The van der Waals surface area contributed by atoms with Crippen LogP contribution in [0.4, 0.5) is 11.4 Å². The van der Waals surface area contributed by atoms with Gasteiger partial charge >= 0.3 is 5.97 Å². The van der Waals surface area contributed by atoms with Crippen molar-refractivity contribution in [3.05, 3.63) is 52.5 Å². The van der Waals surface area contributed by atoms with E-state index >= 15 is 0 Å². The molecule has 0 aromatic heterocycles. The van der Waals surface area contributed by atoms with Crippen molar-refractivity contribution in [3.8, 4) is 5.75 Å². The van der Waals surface area contributed by atoms with Crippen LogP contribution in [-0.2, 0) is 14.4 Å². The Balaban J connectivity index is 1.74. The minimum atomic E-state index is -0.634. The molecule has 1 saturated heterocycles. The summed E-state index contributed by atoms with van der Waals surface area (Å²) in [6.45, 7) is 3.51. The van der Waals surface area contributed by atoms with Crippen molar-refractivity contribution in [2.45, 2.75) is 25.5 Å². The Hall–Kier alpha value is -2.55. The maximum Gasteiger partial charge on any atom is 0.308 e. The van der Waals surface area contributed by atoms with E-state index in [4.69, 9.17) is 27.9 Å². The van der Waals surface area contributed by atoms with Gasteiger partial charge in [-0.05, 0) is 37.3 Å². The third-order valence-corrected chi connectivity index (χ3v) is 5.96. The van der Waals surface area contributed by atoms with E-state index in [1.54, 1.807) is 42.5 Å². The molecule has 0 bridgehead atoms. The average molecular weight is 480 g/mol. The fourth-order valence-corrected chi connectivity index (χ4v) is 4.54. The Morgan fingerprint density at radius 1 is 1.23 bits per heavy atom. The van der Waals surface area contributed by atoms with Gasteiger partial charge < -0.3 is 10.1 Å². The number of anilines is 1. The standard InChI is InChI=1S/C21H19Cl2N3O4S/c1-3-26-20(29)18(31-21(26)25-15-9-8-13(22)10-14(15)23)11-19(28)24-16-6-4-5-7-17(16)30-12(2)27/h4-10,18H,3,11H2,1-2H3,(H,24,28). The number of aliphatic imine (C=N–C) groups is 1. The number of benzene rings is 2. The van der Waals surface area contributed by atoms with E-state index in [1.807, 2.05) is 6.92 Å². The van der Waals surface area contributed by atoms with Crippen LogP contribution >= 0.6 is 35.0 Å². The normalized spacial score (nSPS) is 17.2. The molecule has 1 unspecified atom stereocenters. The second kappa shape index (κ2) is 10.2. The van der Waals surface area contributed by atoms with Crippen LogP contribution in [0.5, 0.6) is 5.75 Å². The molecule has 3 rings (SSSR count). The third kappa shape index (κ3) is 5.78. The number of amidine groups is 1. The number of hydrogen-bond acceptors (Lipinski definition) is 6. The van der Waals surface area contributed by atoms with Crippen LogP contribution in [-0.4, -0.2) is 39.6 Å². The smallest absolute Gasteiger partial charge is 0.308 e. The first-order valence-electron chi connectivity index (χ1n) is 9.37. The van der Waals surface area contributed by atoms with Crippen molar-refractivity contribution in [1.82, 2.24) is 4.90 Å². The molecular formula is C21H19Cl2N3O4S. The Labute approximate surface area is 193 Å². The Morgan fingerprint density at radius 2 is 1.97 bits per heavy atom. The van der Waals surface area contributed by atoms with Gasteiger partial charge in [0.25, 0.3) is 0 Å². The zero-order valence-corrected chi connectivity index (χ0v) is 19.1. The summed E-state index contributed by atoms with van der Waals surface area (Å²) < 4.78 is 5.10. The number of carbonyl (C=O) groups is 3. The predicted octanol–water partition coefficient (Wildman–Crippen LogP) is 4.90. The number of hydrogen-bond donors (Lipinski definition) is 1. The lowest BCUT2D eigenvalue weighted by molar-refractivity contribution is -0.132. The summed E-state index contributed by atoms with van der Waals surface area (Å²) in [4.78, 5) is 42.7. The van der Waals surface area contributed by atoms with Gasteiger partial charge in [0, 0.05) is 24.9 Å². The molecule has 0 aliphatic carbocycles. The van der Waals surface area contributed by atoms with Crippen LogP contribution in [0.25, 0.3) is 0 Å². The lowest BCUT2D eigenvalue weighted by atomic mass is 10.2. The molecule has 1 N–H and O–H groups in total. The predicted molar refractivity (Wildman–Crippen MR) is 123 cm³/mol. The van der Waals surface area contributed by atoms with Crippen LogP contribution in [0.3, 0.4) is 0 Å². The molecule has 0 spiro atoms. The minimum Gasteiger partial charge on any atom is -0.424 e. The van der Waals surface area contributed by atoms with Gasteiger partial charge in [0.1, 0.15) is 5.25 Å². The maximum atomic E-state index is 12.8. The number of rotatable bonds is 6. The molecule has 1 aliphatic rings. The molecule has 0 radical (unpaired) electrons. The monoisotopic (exact) mass is 479 g/mol. The zero-order chi connectivity index (χ0) is 22.5. The van der Waals surface area contributed by atoms with Gasteiger partial charge in [-0.2, -0.15) is 0 Å². The largest absolute Gasteiger partial charge is 0.424 e. The SMILES string of the molecule is CCN1C(=O)C(CC(=O)Nc2ccccc2OC(C)=O)SC1=Nc1ccc(Cl)cc1Cl. The number of amides is 2. The highest BCUT2D eigenvalue weighted by Crippen LogP contribution is 2.35. The molecule has 1 fully saturated rings. The molecule has 31 heavy (non-hydrogen) atoms. The van der Waals surface area contributed by atoms with Gasteiger partial charge in [0.15, 0.2) is 10.9 Å². The summed E-state index contributed by atoms with van der Waals surface area (Å²) in [5.41, 5.74) is 0.840. The molecular weight excluding hydrogens is 461 g/mol. The van der Waals surface area contributed by atoms with Crippen molar-refractivity contribution >= 4 is 69.3 Å². The molecule has 2 amide bonds. The molecule has 2 aromatic carbocycles. The maximum absolute atomic E-state index is 12.8. The van der Waals surface area contributed by atoms with Crippen LogP contribution in [0.15, 0.2) is 47.5 Å². The van der Waals surface area contributed by atoms with E-state index in [0.717, 1.165) is 0 Å². The summed E-state index contributed by atoms with van der Waals surface area (Å²) in [6, 6.07) is 11.5. The van der Waals surface area contributed by atoms with E-state index in [9.17, 15) is 14.4 Å². The molecule has 1 aliphatic heterocycles. The van der Waals surface area contributed by atoms with Crippen LogP contribution in [0.1, 0.15) is 20.3 Å². The third-order valence-electron chi connectivity index (χ3n) is 4.25. The van der Waals surface area contributed by atoms with E-state index in [2.05, 4.69) is 10.3 Å². The van der Waals surface area contributed by atoms with E-state index in [1.165, 1.54) is 23.6 Å². The van der Waals surface area contributed by atoms with Gasteiger partial charge in [-0.3, -0.25) is 19.3 Å². The zero-order valence-electron chi connectivity index (χ0n) is 16.7. The first-order chi connectivity index (χ1) is 14.8. The highest BCUT2D eigenvalue weighted by atomic mass is 35.5. The first-order valence-corrected chi connectivity index (χ1v) is 11.0. The van der Waals surface area contributed by atoms with Gasteiger partial charge in [0.05, 0.1) is 16.4 Å². The Morgan fingerprint density at radius 3 is 2.65 bits per heavy atom. The number of carbonyl (C=O) groups excluding carboxylic acids is 3. The molecule has 7 nitrogen and oxygen atoms in total. The summed E-state index contributed by atoms with van der Waals surface area (Å²) in [5.74, 6) is -0.848. The number of nitrogens with one attached hydrogen (secondary N) is 1. The summed E-state index contributed by atoms with van der Waals surface area (Å²) in [6.07, 6.45) is -0.0677. The van der Waals surface area contributed by atoms with Crippen molar-refractivity contribution < 1.29 is 19.1 Å². The highest BCUT2D eigenvalue weighted by Gasteiger charge is 2.38. The minimum absolute atomic E-state index is 0.0677. The van der Waals surface area contributed by atoms with Crippen LogP contribution < -0.4 is 10.1 Å². The van der Waals surface area contributed by atoms with E-state index in [0.29, 0.717) is 33.1 Å². The molecule has 0 saturated carbocycles. The number of esters is 1. The van der Waals surface area contributed by atoms with Crippen molar-refractivity contribution in [1.29, 1.82) is 0 Å². The van der Waals surface area contributed by atoms with Gasteiger partial charge in [-0.15, -0.1) is 0 Å². The molecule has 1 heterocycles. The van der Waals surface area contributed by atoms with Crippen molar-refractivity contribution in [2.75, 3.05) is 11.9 Å². The van der Waals surface area contributed by atoms with E-state index < -0.39 is 11.2 Å². The number of para-hydroxylation sites is 2. The van der Waals surface area contributed by atoms with Gasteiger partial charge in [-0.1, -0.05) is 47.1 Å². The Bertz CT molecular complexity index is 1060. The topological polar surface area (TPSA) is 88.1 Å². The first kappa shape index (κ1) is 23.1. The summed E-state index contributed by atoms with van der Waals surface area (Å²) in [5, 5.41) is 3.39. The quantitative estimate of drug-likeness (QED) is 0.470. The lowest BCUT2D eigenvalue weighted by Gasteiger charge is -2.14. The van der Waals surface area contributed by atoms with Gasteiger partial charge in [-0.25, -0.2) is 4.99 Å². The number of nitrogens with zero attached hydrogens (tertiary/aromatic N) is 2. The second-order valence-electron chi connectivity index (χ2n) is 6.52. The molecule has 10 heteroatoms. The fourth-order valence-electron chi connectivity index (χ4n) is 2.87. The number of halogens is 2. The summed E-state index contributed by atoms with van der Waals surface area (Å²) >= 11 is 13.3. The van der Waals surface area contributed by atoms with E-state index in [-0.39, 0.29) is 24.0 Å². The highest BCUT2D eigenvalue weighted by molar-refractivity contribution is 8.15. The summed E-state index contributed by atoms with van der Waals surface area (Å²) in [7, 11) is 0. The fraction of sp³-hybridized carbons (Fsp3) is 0.238. The molecule has 1 atom stereocenters. The number of thioether (sulfide) groups is 1.